The molecule has 0 aliphatic carbocycles. The molecule has 0 radical (unpaired) electrons. The third-order valence-electron chi connectivity index (χ3n) is 6.19. The Morgan fingerprint density at radius 1 is 1.03 bits per heavy atom. The average Bonchev–Trinajstić information content (AvgIpc) is 3.47. The van der Waals surface area contributed by atoms with Gasteiger partial charge in [-0.2, -0.15) is 0 Å². The molecule has 4 aromatic rings. The van der Waals surface area contributed by atoms with Crippen LogP contribution in [0.3, 0.4) is 0 Å². The maximum Gasteiger partial charge on any atom is 0.301 e. The molecule has 1 aliphatic rings. The number of thioether (sulfide) groups is 1. The van der Waals surface area contributed by atoms with Crippen molar-refractivity contribution in [2.45, 2.75) is 30.0 Å². The maximum atomic E-state index is 13.4. The standard InChI is InChI=1S/C28H21Cl2N3O3S2/c1-15-7-8-16(2)20(13-15)24(34)22-23(17-9-11-19(29)12-10-17)33(26(36)25(22)35)27-31-32-28(38-27)37-14-18-5-3-4-6-21(18)30/h3-13,23,34H,14H2,1-2H3/b24-22+. The predicted octanol–water partition coefficient (Wildman–Crippen LogP) is 7.38. The van der Waals surface area contributed by atoms with Gasteiger partial charge in [-0.25, -0.2) is 0 Å². The van der Waals surface area contributed by atoms with Gasteiger partial charge in [-0.15, -0.1) is 10.2 Å². The highest BCUT2D eigenvalue weighted by Gasteiger charge is 2.48. The Hall–Kier alpha value is -3.17. The van der Waals surface area contributed by atoms with Crippen molar-refractivity contribution in [2.24, 2.45) is 0 Å². The molecule has 5 rings (SSSR count). The number of rotatable bonds is 6. The van der Waals surface area contributed by atoms with Crippen LogP contribution in [-0.2, 0) is 15.3 Å². The zero-order valence-electron chi connectivity index (χ0n) is 20.3. The smallest absolute Gasteiger partial charge is 0.301 e. The molecule has 1 aromatic heterocycles. The second kappa shape index (κ2) is 10.9. The van der Waals surface area contributed by atoms with Crippen LogP contribution in [0.4, 0.5) is 5.13 Å². The van der Waals surface area contributed by atoms with Crippen LogP contribution in [0.2, 0.25) is 10.0 Å². The summed E-state index contributed by atoms with van der Waals surface area (Å²) in [5.74, 6) is -1.23. The Balaban J connectivity index is 1.57. The third-order valence-corrected chi connectivity index (χ3v) is 8.91. The number of hydrogen-bond acceptors (Lipinski definition) is 7. The lowest BCUT2D eigenvalue weighted by atomic mass is 9.93. The lowest BCUT2D eigenvalue weighted by Crippen LogP contribution is -2.29. The molecule has 1 unspecified atom stereocenters. The van der Waals surface area contributed by atoms with E-state index < -0.39 is 17.7 Å². The highest BCUT2D eigenvalue weighted by molar-refractivity contribution is 8.00. The van der Waals surface area contributed by atoms with E-state index in [2.05, 4.69) is 10.2 Å². The number of aliphatic hydroxyl groups is 1. The highest BCUT2D eigenvalue weighted by atomic mass is 35.5. The molecule has 1 amide bonds. The number of aliphatic hydroxyl groups excluding tert-OH is 1. The number of hydrogen-bond donors (Lipinski definition) is 1. The summed E-state index contributed by atoms with van der Waals surface area (Å²) >= 11 is 15.0. The number of aromatic nitrogens is 2. The molecule has 6 nitrogen and oxygen atoms in total. The molecule has 1 N–H and O–H groups in total. The van der Waals surface area contributed by atoms with Gasteiger partial charge in [0.2, 0.25) is 5.13 Å². The van der Waals surface area contributed by atoms with Crippen LogP contribution in [0.25, 0.3) is 5.76 Å². The van der Waals surface area contributed by atoms with Crippen LogP contribution < -0.4 is 4.90 Å². The summed E-state index contributed by atoms with van der Waals surface area (Å²) in [6.07, 6.45) is 0. The number of carbonyl (C=O) groups is 2. The van der Waals surface area contributed by atoms with Crippen molar-refractivity contribution in [3.8, 4) is 0 Å². The lowest BCUT2D eigenvalue weighted by Gasteiger charge is -2.22. The van der Waals surface area contributed by atoms with E-state index in [9.17, 15) is 14.7 Å². The molecule has 2 heterocycles. The minimum atomic E-state index is -0.901. The van der Waals surface area contributed by atoms with Gasteiger partial charge in [0, 0.05) is 21.4 Å². The summed E-state index contributed by atoms with van der Waals surface area (Å²) in [7, 11) is 0. The average molecular weight is 583 g/mol. The van der Waals surface area contributed by atoms with E-state index in [1.54, 1.807) is 30.3 Å². The number of halogens is 2. The van der Waals surface area contributed by atoms with Gasteiger partial charge in [-0.1, -0.05) is 94.3 Å². The van der Waals surface area contributed by atoms with E-state index in [1.165, 1.54) is 28.0 Å². The molecule has 10 heteroatoms. The summed E-state index contributed by atoms with van der Waals surface area (Å²) in [6, 6.07) is 19.0. The number of aryl methyl sites for hydroxylation is 2. The van der Waals surface area contributed by atoms with Gasteiger partial charge in [0.25, 0.3) is 5.78 Å². The number of amides is 1. The fourth-order valence-corrected chi connectivity index (χ4v) is 6.52. The molecule has 1 fully saturated rings. The number of nitrogens with zero attached hydrogens (tertiary/aromatic N) is 3. The highest BCUT2D eigenvalue weighted by Crippen LogP contribution is 2.44. The third kappa shape index (κ3) is 5.09. The fourth-order valence-electron chi connectivity index (χ4n) is 4.24. The summed E-state index contributed by atoms with van der Waals surface area (Å²) in [6.45, 7) is 3.74. The number of ketones is 1. The minimum absolute atomic E-state index is 0.00788. The second-order valence-corrected chi connectivity index (χ2v) is 11.8. The van der Waals surface area contributed by atoms with Crippen molar-refractivity contribution in [1.29, 1.82) is 0 Å². The van der Waals surface area contributed by atoms with Crippen LogP contribution in [0.1, 0.15) is 33.9 Å². The van der Waals surface area contributed by atoms with Crippen molar-refractivity contribution < 1.29 is 14.7 Å². The SMILES string of the molecule is Cc1ccc(C)c(/C(O)=C2\C(=O)C(=O)N(c3nnc(SCc4ccccc4Cl)s3)C2c2ccc(Cl)cc2)c1. The van der Waals surface area contributed by atoms with Gasteiger partial charge in [0.1, 0.15) is 5.76 Å². The first-order chi connectivity index (χ1) is 18.2. The van der Waals surface area contributed by atoms with Crippen LogP contribution >= 0.6 is 46.3 Å². The number of Topliss-reactive ketones (excluding diaryl/α,β-unsaturated/α-hetero) is 1. The molecule has 0 bridgehead atoms. The quantitative estimate of drug-likeness (QED) is 0.0840. The van der Waals surface area contributed by atoms with Crippen LogP contribution in [0.5, 0.6) is 0 Å². The van der Waals surface area contributed by atoms with Gasteiger partial charge >= 0.3 is 5.91 Å². The fraction of sp³-hybridized carbons (Fsp3) is 0.143. The number of anilines is 1. The Labute approximate surface area is 237 Å². The van der Waals surface area contributed by atoms with E-state index in [0.29, 0.717) is 31.3 Å². The van der Waals surface area contributed by atoms with E-state index in [-0.39, 0.29) is 16.5 Å². The molecule has 38 heavy (non-hydrogen) atoms. The van der Waals surface area contributed by atoms with Crippen LogP contribution in [0, 0.1) is 13.8 Å². The molecular weight excluding hydrogens is 561 g/mol. The van der Waals surface area contributed by atoms with Crippen molar-refractivity contribution in [3.05, 3.63) is 110 Å². The molecule has 1 aliphatic heterocycles. The summed E-state index contributed by atoms with van der Waals surface area (Å²) < 4.78 is 0.617. The molecule has 1 saturated heterocycles. The second-order valence-electron chi connectivity index (χ2n) is 8.77. The van der Waals surface area contributed by atoms with Crippen LogP contribution in [-0.4, -0.2) is 27.0 Å². The zero-order chi connectivity index (χ0) is 27.0. The number of carbonyl (C=O) groups excluding carboxylic acids is 2. The van der Waals surface area contributed by atoms with Gasteiger partial charge in [-0.05, 0) is 54.8 Å². The van der Waals surface area contributed by atoms with Gasteiger partial charge < -0.3 is 5.11 Å². The van der Waals surface area contributed by atoms with Crippen molar-refractivity contribution in [3.63, 3.8) is 0 Å². The largest absolute Gasteiger partial charge is 0.507 e. The first kappa shape index (κ1) is 26.4. The monoisotopic (exact) mass is 581 g/mol. The summed E-state index contributed by atoms with van der Waals surface area (Å²) in [5.41, 5.74) is 3.75. The Bertz CT molecular complexity index is 1580. The van der Waals surface area contributed by atoms with Crippen molar-refractivity contribution >= 4 is 68.9 Å². The van der Waals surface area contributed by atoms with Gasteiger partial charge in [0.15, 0.2) is 4.34 Å². The lowest BCUT2D eigenvalue weighted by molar-refractivity contribution is -0.132. The Morgan fingerprint density at radius 3 is 2.50 bits per heavy atom. The zero-order valence-corrected chi connectivity index (χ0v) is 23.5. The minimum Gasteiger partial charge on any atom is -0.507 e. The predicted molar refractivity (Wildman–Crippen MR) is 153 cm³/mol. The van der Waals surface area contributed by atoms with Gasteiger partial charge in [0.05, 0.1) is 11.6 Å². The molecule has 0 spiro atoms. The van der Waals surface area contributed by atoms with E-state index in [0.717, 1.165) is 16.7 Å². The van der Waals surface area contributed by atoms with Crippen LogP contribution in [0.15, 0.2) is 76.6 Å². The van der Waals surface area contributed by atoms with E-state index in [1.807, 2.05) is 50.2 Å². The maximum absolute atomic E-state index is 13.4. The molecule has 3 aromatic carbocycles. The summed E-state index contributed by atoms with van der Waals surface area (Å²) in [5, 5.41) is 21.3. The normalized spacial score (nSPS) is 16.8. The first-order valence-electron chi connectivity index (χ1n) is 11.6. The molecule has 0 saturated carbocycles. The Morgan fingerprint density at radius 2 is 1.76 bits per heavy atom. The summed E-state index contributed by atoms with van der Waals surface area (Å²) in [4.78, 5) is 28.1. The van der Waals surface area contributed by atoms with Crippen molar-refractivity contribution in [1.82, 2.24) is 10.2 Å². The molecule has 192 valence electrons. The molecule has 1 atom stereocenters. The number of benzene rings is 3. The van der Waals surface area contributed by atoms with E-state index >= 15 is 0 Å². The topological polar surface area (TPSA) is 83.4 Å². The van der Waals surface area contributed by atoms with Crippen molar-refractivity contribution in [2.75, 3.05) is 4.90 Å². The first-order valence-corrected chi connectivity index (χ1v) is 14.1. The Kier molecular flexibility index (Phi) is 7.59. The molecular formula is C28H21Cl2N3O3S2. The van der Waals surface area contributed by atoms with E-state index in [4.69, 9.17) is 23.2 Å². The van der Waals surface area contributed by atoms with Gasteiger partial charge in [-0.3, -0.25) is 14.5 Å².